The molecule has 0 saturated carbocycles. The fourth-order valence-electron chi connectivity index (χ4n) is 2.16. The summed E-state index contributed by atoms with van der Waals surface area (Å²) in [5.74, 6) is 0. The number of rotatable bonds is 4. The van der Waals surface area contributed by atoms with Crippen molar-refractivity contribution in [3.8, 4) is 0 Å². The fourth-order valence-corrected chi connectivity index (χ4v) is 2.35. The van der Waals surface area contributed by atoms with Crippen molar-refractivity contribution in [1.82, 2.24) is 5.32 Å². The van der Waals surface area contributed by atoms with Gasteiger partial charge < -0.3 is 11.1 Å². The highest BCUT2D eigenvalue weighted by Gasteiger charge is 2.17. The summed E-state index contributed by atoms with van der Waals surface area (Å²) in [5, 5.41) is 4.39. The van der Waals surface area contributed by atoms with Gasteiger partial charge in [0.1, 0.15) is 0 Å². The van der Waals surface area contributed by atoms with Crippen LogP contribution in [0.25, 0.3) is 0 Å². The minimum Gasteiger partial charge on any atom is -0.329 e. The highest BCUT2D eigenvalue weighted by atomic mass is 35.5. The van der Waals surface area contributed by atoms with Gasteiger partial charge in [0.05, 0.1) is 0 Å². The lowest BCUT2D eigenvalue weighted by Crippen LogP contribution is -2.35. The Labute approximate surface area is 108 Å². The van der Waals surface area contributed by atoms with E-state index < -0.39 is 0 Å². The quantitative estimate of drug-likeness (QED) is 0.807. The largest absolute Gasteiger partial charge is 0.329 e. The van der Waals surface area contributed by atoms with Gasteiger partial charge in [-0.3, -0.25) is 0 Å². The molecule has 1 atom stereocenters. The van der Waals surface area contributed by atoms with Crippen LogP contribution in [0.1, 0.15) is 30.0 Å². The molecule has 0 radical (unpaired) electrons. The predicted octanol–water partition coefficient (Wildman–Crippen LogP) is 2.96. The number of nitrogens with one attached hydrogen (secondary N) is 1. The Bertz CT molecular complexity index is 407. The molecular weight excluding hydrogens is 232 g/mol. The molecule has 2 nitrogen and oxygen atoms in total. The lowest BCUT2D eigenvalue weighted by atomic mass is 10.0. The second kappa shape index (κ2) is 5.67. The summed E-state index contributed by atoms with van der Waals surface area (Å²) in [7, 11) is 0. The van der Waals surface area contributed by atoms with Gasteiger partial charge in [-0.25, -0.2) is 0 Å². The fraction of sp³-hybridized carbons (Fsp3) is 0.429. The number of hydrogen-bond donors (Lipinski definition) is 2. The molecule has 0 fully saturated rings. The maximum atomic E-state index is 6.15. The molecular formula is C14H19ClN2. The Morgan fingerprint density at radius 3 is 2.71 bits per heavy atom. The second-order valence-corrected chi connectivity index (χ2v) is 5.01. The second-order valence-electron chi connectivity index (χ2n) is 4.60. The molecule has 2 rings (SSSR count). The molecule has 3 heteroatoms. The van der Waals surface area contributed by atoms with Crippen LogP contribution in [0, 0.1) is 6.92 Å². The van der Waals surface area contributed by atoms with E-state index in [0.29, 0.717) is 12.6 Å². The van der Waals surface area contributed by atoms with E-state index in [-0.39, 0.29) is 6.04 Å². The molecule has 1 aliphatic carbocycles. The third-order valence-electron chi connectivity index (χ3n) is 3.28. The number of nitrogens with two attached hydrogens (primary N) is 1. The normalized spacial score (nSPS) is 17.6. The van der Waals surface area contributed by atoms with Gasteiger partial charge in [-0.1, -0.05) is 35.9 Å². The lowest BCUT2D eigenvalue weighted by Gasteiger charge is -2.22. The molecule has 3 N–H and O–H groups in total. The van der Waals surface area contributed by atoms with Crippen molar-refractivity contribution in [2.24, 2.45) is 5.73 Å². The summed E-state index contributed by atoms with van der Waals surface area (Å²) in [5.41, 5.74) is 8.13. The molecule has 0 heterocycles. The molecule has 0 amide bonds. The molecule has 1 aliphatic rings. The van der Waals surface area contributed by atoms with Gasteiger partial charge in [-0.2, -0.15) is 0 Å². The van der Waals surface area contributed by atoms with Crippen LogP contribution in [0.15, 0.2) is 30.4 Å². The molecule has 0 bridgehead atoms. The first-order valence-electron chi connectivity index (χ1n) is 6.08. The van der Waals surface area contributed by atoms with Crippen LogP contribution in [0.2, 0.25) is 5.02 Å². The molecule has 1 aromatic carbocycles. The summed E-state index contributed by atoms with van der Waals surface area (Å²) in [4.78, 5) is 0. The molecule has 92 valence electrons. The van der Waals surface area contributed by atoms with E-state index in [1.54, 1.807) is 0 Å². The van der Waals surface area contributed by atoms with Crippen molar-refractivity contribution in [2.75, 3.05) is 6.54 Å². The van der Waals surface area contributed by atoms with Crippen LogP contribution in [-0.4, -0.2) is 12.6 Å². The SMILES string of the molecule is Cc1ccc(C(CN)NC2CC=CC2)cc1Cl. The highest BCUT2D eigenvalue weighted by Crippen LogP contribution is 2.22. The maximum absolute atomic E-state index is 6.15. The zero-order valence-electron chi connectivity index (χ0n) is 10.1. The van der Waals surface area contributed by atoms with Gasteiger partial charge in [0.25, 0.3) is 0 Å². The van der Waals surface area contributed by atoms with Gasteiger partial charge in [0.2, 0.25) is 0 Å². The van der Waals surface area contributed by atoms with E-state index >= 15 is 0 Å². The zero-order chi connectivity index (χ0) is 12.3. The zero-order valence-corrected chi connectivity index (χ0v) is 10.9. The van der Waals surface area contributed by atoms with E-state index in [2.05, 4.69) is 29.6 Å². The Hall–Kier alpha value is -0.830. The minimum atomic E-state index is 0.193. The lowest BCUT2D eigenvalue weighted by molar-refractivity contribution is 0.453. The van der Waals surface area contributed by atoms with Gasteiger partial charge >= 0.3 is 0 Å². The van der Waals surface area contributed by atoms with Gasteiger partial charge in [-0.05, 0) is 37.0 Å². The van der Waals surface area contributed by atoms with E-state index in [1.807, 2.05) is 13.0 Å². The first-order chi connectivity index (χ1) is 8.20. The average molecular weight is 251 g/mol. The van der Waals surface area contributed by atoms with Crippen molar-refractivity contribution >= 4 is 11.6 Å². The molecule has 0 aliphatic heterocycles. The van der Waals surface area contributed by atoms with E-state index in [9.17, 15) is 0 Å². The summed E-state index contributed by atoms with van der Waals surface area (Å²) in [6.07, 6.45) is 6.62. The third-order valence-corrected chi connectivity index (χ3v) is 3.69. The average Bonchev–Trinajstić information content (AvgIpc) is 2.82. The van der Waals surface area contributed by atoms with Crippen molar-refractivity contribution in [3.05, 3.63) is 46.5 Å². The highest BCUT2D eigenvalue weighted by molar-refractivity contribution is 6.31. The van der Waals surface area contributed by atoms with Crippen LogP contribution in [0.4, 0.5) is 0 Å². The topological polar surface area (TPSA) is 38.0 Å². The molecule has 17 heavy (non-hydrogen) atoms. The van der Waals surface area contributed by atoms with Crippen LogP contribution in [0.3, 0.4) is 0 Å². The Morgan fingerprint density at radius 2 is 2.12 bits per heavy atom. The van der Waals surface area contributed by atoms with E-state index in [1.165, 1.54) is 5.56 Å². The summed E-state index contributed by atoms with van der Waals surface area (Å²) >= 11 is 6.15. The monoisotopic (exact) mass is 250 g/mol. The van der Waals surface area contributed by atoms with Crippen LogP contribution < -0.4 is 11.1 Å². The summed E-state index contributed by atoms with van der Waals surface area (Å²) < 4.78 is 0. The number of benzene rings is 1. The minimum absolute atomic E-state index is 0.193. The van der Waals surface area contributed by atoms with Crippen molar-refractivity contribution < 1.29 is 0 Å². The summed E-state index contributed by atoms with van der Waals surface area (Å²) in [6.45, 7) is 2.60. The van der Waals surface area contributed by atoms with Crippen molar-refractivity contribution in [1.29, 1.82) is 0 Å². The Balaban J connectivity index is 2.08. The summed E-state index contributed by atoms with van der Waals surface area (Å²) in [6, 6.07) is 6.88. The van der Waals surface area contributed by atoms with Crippen LogP contribution in [0.5, 0.6) is 0 Å². The molecule has 1 unspecified atom stereocenters. The first-order valence-corrected chi connectivity index (χ1v) is 6.45. The van der Waals surface area contributed by atoms with Crippen LogP contribution >= 0.6 is 11.6 Å². The number of halogens is 1. The smallest absolute Gasteiger partial charge is 0.0447 e. The Kier molecular flexibility index (Phi) is 4.21. The van der Waals surface area contributed by atoms with Crippen molar-refractivity contribution in [3.63, 3.8) is 0 Å². The molecule has 0 aromatic heterocycles. The van der Waals surface area contributed by atoms with E-state index in [4.69, 9.17) is 17.3 Å². The van der Waals surface area contributed by atoms with Gasteiger partial charge in [0.15, 0.2) is 0 Å². The van der Waals surface area contributed by atoms with Crippen molar-refractivity contribution in [2.45, 2.75) is 31.8 Å². The first kappa shape index (κ1) is 12.6. The maximum Gasteiger partial charge on any atom is 0.0447 e. The van der Waals surface area contributed by atoms with Crippen LogP contribution in [-0.2, 0) is 0 Å². The molecule has 0 saturated heterocycles. The predicted molar refractivity (Wildman–Crippen MR) is 73.3 cm³/mol. The third kappa shape index (κ3) is 3.09. The standard InChI is InChI=1S/C14H19ClN2/c1-10-6-7-11(8-13(10)15)14(9-16)17-12-4-2-3-5-12/h2-3,6-8,12,14,17H,4-5,9,16H2,1H3. The van der Waals surface area contributed by atoms with E-state index in [0.717, 1.165) is 23.4 Å². The number of aryl methyl sites for hydroxylation is 1. The molecule has 0 spiro atoms. The molecule has 1 aromatic rings. The number of hydrogen-bond acceptors (Lipinski definition) is 2. The van der Waals surface area contributed by atoms with Gasteiger partial charge in [-0.15, -0.1) is 0 Å². The Morgan fingerprint density at radius 1 is 1.41 bits per heavy atom. The van der Waals surface area contributed by atoms with Gasteiger partial charge in [0, 0.05) is 23.7 Å².